The Morgan fingerprint density at radius 3 is 2.73 bits per heavy atom. The maximum atomic E-state index is 10.5. The predicted octanol–water partition coefficient (Wildman–Crippen LogP) is 1.27. The average molecular weight is 228 g/mol. The predicted molar refractivity (Wildman–Crippen MR) is 53.1 cm³/mol. The summed E-state index contributed by atoms with van der Waals surface area (Å²) in [7, 11) is -4.09. The van der Waals surface area contributed by atoms with Crippen molar-refractivity contribution in [2.75, 3.05) is 6.79 Å². The number of fused-ring (bicyclic) bond motifs is 1. The monoisotopic (exact) mass is 228 g/mol. The van der Waals surface area contributed by atoms with Crippen LogP contribution in [0.1, 0.15) is 5.56 Å². The highest BCUT2D eigenvalue weighted by Gasteiger charge is 2.12. The second kappa shape index (κ2) is 3.56. The van der Waals surface area contributed by atoms with Crippen molar-refractivity contribution in [1.29, 1.82) is 0 Å². The van der Waals surface area contributed by atoms with E-state index in [1.807, 2.05) is 0 Å². The fourth-order valence-corrected chi connectivity index (χ4v) is 1.51. The van der Waals surface area contributed by atoms with Gasteiger partial charge < -0.3 is 9.47 Å². The molecule has 1 N–H and O–H groups in total. The van der Waals surface area contributed by atoms with E-state index in [-0.39, 0.29) is 6.79 Å². The molecule has 0 radical (unpaired) electrons. The summed E-state index contributed by atoms with van der Waals surface area (Å²) in [6, 6.07) is 4.96. The van der Waals surface area contributed by atoms with Crippen molar-refractivity contribution < 1.29 is 22.4 Å². The van der Waals surface area contributed by atoms with Gasteiger partial charge in [0.2, 0.25) is 6.79 Å². The molecule has 2 rings (SSSR count). The van der Waals surface area contributed by atoms with E-state index in [1.165, 1.54) is 6.08 Å². The van der Waals surface area contributed by atoms with Crippen molar-refractivity contribution in [2.45, 2.75) is 0 Å². The van der Waals surface area contributed by atoms with Gasteiger partial charge >= 0.3 is 0 Å². The standard InChI is InChI=1S/C9H8O5S/c10-15(11,12)4-3-7-1-2-8-9(5-7)14-6-13-8/h1-5H,6H2,(H,10,11,12)/b4-3+. The number of hydrogen-bond acceptors (Lipinski definition) is 4. The molecule has 80 valence electrons. The molecule has 0 aromatic heterocycles. The van der Waals surface area contributed by atoms with Crippen LogP contribution in [-0.4, -0.2) is 19.8 Å². The van der Waals surface area contributed by atoms with E-state index in [0.717, 1.165) is 0 Å². The van der Waals surface area contributed by atoms with Gasteiger partial charge in [0.05, 0.1) is 5.41 Å². The first-order valence-electron chi connectivity index (χ1n) is 4.10. The van der Waals surface area contributed by atoms with Crippen molar-refractivity contribution in [3.8, 4) is 11.5 Å². The zero-order valence-corrected chi connectivity index (χ0v) is 8.40. The molecular formula is C9H8O5S. The molecule has 0 saturated carbocycles. The lowest BCUT2D eigenvalue weighted by Gasteiger charge is -1.96. The maximum Gasteiger partial charge on any atom is 0.287 e. The Morgan fingerprint density at radius 1 is 1.27 bits per heavy atom. The third kappa shape index (κ3) is 2.48. The number of hydrogen-bond donors (Lipinski definition) is 1. The maximum absolute atomic E-state index is 10.5. The molecule has 6 heteroatoms. The summed E-state index contributed by atoms with van der Waals surface area (Å²) in [4.78, 5) is 0. The van der Waals surface area contributed by atoms with E-state index in [2.05, 4.69) is 0 Å². The fraction of sp³-hybridized carbons (Fsp3) is 0.111. The SMILES string of the molecule is O=S(=O)(O)/C=C/c1ccc2c(c1)OCO2. The van der Waals surface area contributed by atoms with Gasteiger partial charge in [-0.25, -0.2) is 0 Å². The van der Waals surface area contributed by atoms with Gasteiger partial charge in [-0.15, -0.1) is 0 Å². The van der Waals surface area contributed by atoms with Gasteiger partial charge in [0.25, 0.3) is 10.1 Å². The molecule has 0 aliphatic carbocycles. The van der Waals surface area contributed by atoms with Crippen LogP contribution in [0.25, 0.3) is 6.08 Å². The highest BCUT2D eigenvalue weighted by atomic mass is 32.2. The summed E-state index contributed by atoms with van der Waals surface area (Å²) in [6.07, 6.45) is 1.28. The van der Waals surface area contributed by atoms with Crippen LogP contribution in [0.5, 0.6) is 11.5 Å². The van der Waals surface area contributed by atoms with Gasteiger partial charge in [-0.3, -0.25) is 4.55 Å². The quantitative estimate of drug-likeness (QED) is 0.772. The molecule has 1 heterocycles. The van der Waals surface area contributed by atoms with Gasteiger partial charge in [0, 0.05) is 0 Å². The average Bonchev–Trinajstić information content (AvgIpc) is 2.60. The largest absolute Gasteiger partial charge is 0.454 e. The van der Waals surface area contributed by atoms with Gasteiger partial charge in [-0.2, -0.15) is 8.42 Å². The summed E-state index contributed by atoms with van der Waals surface area (Å²) < 4.78 is 39.6. The van der Waals surface area contributed by atoms with Gasteiger partial charge in [0.1, 0.15) is 0 Å². The Morgan fingerprint density at radius 2 is 2.00 bits per heavy atom. The third-order valence-corrected chi connectivity index (χ3v) is 2.31. The summed E-state index contributed by atoms with van der Waals surface area (Å²) in [6.45, 7) is 0.167. The van der Waals surface area contributed by atoms with Crippen LogP contribution in [0.3, 0.4) is 0 Å². The zero-order chi connectivity index (χ0) is 10.9. The topological polar surface area (TPSA) is 72.8 Å². The highest BCUT2D eigenvalue weighted by Crippen LogP contribution is 2.32. The van der Waals surface area contributed by atoms with Gasteiger partial charge in [0.15, 0.2) is 11.5 Å². The summed E-state index contributed by atoms with van der Waals surface area (Å²) in [5.41, 5.74) is 0.608. The van der Waals surface area contributed by atoms with Crippen LogP contribution in [-0.2, 0) is 10.1 Å². The first-order chi connectivity index (χ1) is 7.04. The Kier molecular flexibility index (Phi) is 2.37. The lowest BCUT2D eigenvalue weighted by Crippen LogP contribution is -1.92. The smallest absolute Gasteiger partial charge is 0.287 e. The molecule has 0 spiro atoms. The van der Waals surface area contributed by atoms with E-state index >= 15 is 0 Å². The van der Waals surface area contributed by atoms with Gasteiger partial charge in [-0.1, -0.05) is 6.07 Å². The van der Waals surface area contributed by atoms with E-state index in [1.54, 1.807) is 18.2 Å². The van der Waals surface area contributed by atoms with Crippen molar-refractivity contribution in [3.63, 3.8) is 0 Å². The Labute approximate surface area is 86.7 Å². The lowest BCUT2D eigenvalue weighted by atomic mass is 10.2. The van der Waals surface area contributed by atoms with E-state index < -0.39 is 10.1 Å². The van der Waals surface area contributed by atoms with Crippen LogP contribution in [0.15, 0.2) is 23.6 Å². The Hall–Kier alpha value is -1.53. The minimum atomic E-state index is -4.09. The molecule has 0 unspecified atom stereocenters. The second-order valence-corrected chi connectivity index (χ2v) is 4.23. The first-order valence-corrected chi connectivity index (χ1v) is 5.60. The molecule has 15 heavy (non-hydrogen) atoms. The lowest BCUT2D eigenvalue weighted by molar-refractivity contribution is 0.174. The van der Waals surface area contributed by atoms with E-state index in [0.29, 0.717) is 22.5 Å². The van der Waals surface area contributed by atoms with Crippen LogP contribution in [0.2, 0.25) is 0 Å². The van der Waals surface area contributed by atoms with Crippen molar-refractivity contribution in [2.24, 2.45) is 0 Å². The summed E-state index contributed by atoms with van der Waals surface area (Å²) >= 11 is 0. The van der Waals surface area contributed by atoms with Gasteiger partial charge in [-0.05, 0) is 23.8 Å². The molecule has 0 atom stereocenters. The molecule has 0 fully saturated rings. The Bertz CT molecular complexity index is 503. The molecule has 1 aliphatic rings. The summed E-state index contributed by atoms with van der Waals surface area (Å²) in [5.74, 6) is 1.19. The van der Waals surface area contributed by atoms with Crippen molar-refractivity contribution >= 4 is 16.2 Å². The molecule has 0 amide bonds. The molecule has 1 aliphatic heterocycles. The molecule has 5 nitrogen and oxygen atoms in total. The van der Waals surface area contributed by atoms with Crippen LogP contribution in [0, 0.1) is 0 Å². The minimum Gasteiger partial charge on any atom is -0.454 e. The zero-order valence-electron chi connectivity index (χ0n) is 7.58. The van der Waals surface area contributed by atoms with E-state index in [9.17, 15) is 8.42 Å². The second-order valence-electron chi connectivity index (χ2n) is 2.93. The fourth-order valence-electron chi connectivity index (χ4n) is 1.18. The number of benzene rings is 1. The van der Waals surface area contributed by atoms with Crippen molar-refractivity contribution in [1.82, 2.24) is 0 Å². The third-order valence-electron chi connectivity index (χ3n) is 1.83. The molecule has 1 aromatic carbocycles. The van der Waals surface area contributed by atoms with Crippen LogP contribution in [0.4, 0.5) is 0 Å². The molecule has 0 bridgehead atoms. The normalized spacial score (nSPS) is 14.7. The van der Waals surface area contributed by atoms with Crippen LogP contribution >= 0.6 is 0 Å². The van der Waals surface area contributed by atoms with Crippen LogP contribution < -0.4 is 9.47 Å². The molecular weight excluding hydrogens is 220 g/mol. The number of rotatable bonds is 2. The first kappa shape index (κ1) is 10.0. The Balaban J connectivity index is 2.28. The highest BCUT2D eigenvalue weighted by molar-refractivity contribution is 7.88. The van der Waals surface area contributed by atoms with Crippen molar-refractivity contribution in [3.05, 3.63) is 29.2 Å². The summed E-state index contributed by atoms with van der Waals surface area (Å²) in [5, 5.41) is 0.713. The molecule has 1 aromatic rings. The minimum absolute atomic E-state index is 0.167. The molecule has 0 saturated heterocycles. The van der Waals surface area contributed by atoms with E-state index in [4.69, 9.17) is 14.0 Å². The number of ether oxygens (including phenoxy) is 2.